The van der Waals surface area contributed by atoms with Gasteiger partial charge in [-0.3, -0.25) is 4.79 Å². The zero-order valence-corrected chi connectivity index (χ0v) is 15.7. The van der Waals surface area contributed by atoms with E-state index in [2.05, 4.69) is 27.4 Å². The minimum absolute atomic E-state index is 0.0268. The van der Waals surface area contributed by atoms with Crippen molar-refractivity contribution < 1.29 is 4.79 Å². The number of benzene rings is 1. The van der Waals surface area contributed by atoms with Gasteiger partial charge in [-0.05, 0) is 56.6 Å². The zero-order valence-electron chi connectivity index (χ0n) is 15.7. The summed E-state index contributed by atoms with van der Waals surface area (Å²) < 4.78 is 0. The molecule has 0 saturated heterocycles. The fraction of sp³-hybridized carbons (Fsp3) is 0.409. The van der Waals surface area contributed by atoms with E-state index < -0.39 is 0 Å². The highest BCUT2D eigenvalue weighted by atomic mass is 16.2. The summed E-state index contributed by atoms with van der Waals surface area (Å²) in [6, 6.07) is 8.12. The number of anilines is 2. The molecule has 1 aromatic heterocycles. The first-order valence-corrected chi connectivity index (χ1v) is 9.95. The van der Waals surface area contributed by atoms with E-state index in [0.29, 0.717) is 11.5 Å². The summed E-state index contributed by atoms with van der Waals surface area (Å²) in [5.74, 6) is 0.558. The summed E-state index contributed by atoms with van der Waals surface area (Å²) in [4.78, 5) is 23.4. The summed E-state index contributed by atoms with van der Waals surface area (Å²) in [6.07, 6.45) is 13.7. The Morgan fingerprint density at radius 3 is 2.74 bits per heavy atom. The van der Waals surface area contributed by atoms with E-state index in [1.165, 1.54) is 36.8 Å². The molecule has 0 fully saturated rings. The van der Waals surface area contributed by atoms with Gasteiger partial charge in [0.2, 0.25) is 5.95 Å². The van der Waals surface area contributed by atoms with Crippen LogP contribution in [-0.4, -0.2) is 29.0 Å². The topological polar surface area (TPSA) is 58.1 Å². The fourth-order valence-electron chi connectivity index (χ4n) is 3.90. The fourth-order valence-corrected chi connectivity index (χ4v) is 3.90. The van der Waals surface area contributed by atoms with Gasteiger partial charge in [-0.2, -0.15) is 0 Å². The van der Waals surface area contributed by atoms with Crippen LogP contribution < -0.4 is 10.2 Å². The smallest absolute Gasteiger partial charge is 0.261 e. The molecule has 0 spiro atoms. The molecule has 0 bridgehead atoms. The van der Waals surface area contributed by atoms with Crippen LogP contribution in [0, 0.1) is 0 Å². The van der Waals surface area contributed by atoms with E-state index in [4.69, 9.17) is 0 Å². The minimum Gasteiger partial charge on any atom is -0.354 e. The van der Waals surface area contributed by atoms with Crippen molar-refractivity contribution in [3.05, 3.63) is 59.4 Å². The molecule has 4 rings (SSSR count). The summed E-state index contributed by atoms with van der Waals surface area (Å²) >= 11 is 0. The third-order valence-electron chi connectivity index (χ3n) is 5.37. The SMILES string of the molecule is O=C(c1cnc(NCCC2=CCCCC2)nc1)N1CCCc2ccccc21. The van der Waals surface area contributed by atoms with Gasteiger partial charge in [-0.15, -0.1) is 0 Å². The van der Waals surface area contributed by atoms with Gasteiger partial charge in [0.15, 0.2) is 0 Å². The molecule has 0 atom stereocenters. The number of hydrogen-bond acceptors (Lipinski definition) is 4. The maximum atomic E-state index is 12.9. The number of carbonyl (C=O) groups is 1. The van der Waals surface area contributed by atoms with Gasteiger partial charge >= 0.3 is 0 Å². The Labute approximate surface area is 160 Å². The first-order valence-electron chi connectivity index (χ1n) is 9.95. The molecule has 27 heavy (non-hydrogen) atoms. The molecule has 2 aromatic rings. The van der Waals surface area contributed by atoms with Crippen LogP contribution >= 0.6 is 0 Å². The van der Waals surface area contributed by atoms with Crippen LogP contribution in [0.4, 0.5) is 11.6 Å². The summed E-state index contributed by atoms with van der Waals surface area (Å²) in [7, 11) is 0. The number of fused-ring (bicyclic) bond motifs is 1. The summed E-state index contributed by atoms with van der Waals surface area (Å²) in [5.41, 5.74) is 4.31. The maximum Gasteiger partial charge on any atom is 0.261 e. The molecule has 1 aliphatic heterocycles. The highest BCUT2D eigenvalue weighted by Gasteiger charge is 2.23. The van der Waals surface area contributed by atoms with E-state index in [1.807, 2.05) is 23.1 Å². The molecule has 1 N–H and O–H groups in total. The van der Waals surface area contributed by atoms with Crippen molar-refractivity contribution in [2.24, 2.45) is 0 Å². The predicted molar refractivity (Wildman–Crippen MR) is 108 cm³/mol. The Hall–Kier alpha value is -2.69. The maximum absolute atomic E-state index is 12.9. The minimum atomic E-state index is -0.0268. The third-order valence-corrected chi connectivity index (χ3v) is 5.37. The van der Waals surface area contributed by atoms with Crippen molar-refractivity contribution in [3.8, 4) is 0 Å². The van der Waals surface area contributed by atoms with E-state index >= 15 is 0 Å². The van der Waals surface area contributed by atoms with Gasteiger partial charge in [0.05, 0.1) is 5.56 Å². The summed E-state index contributed by atoms with van der Waals surface area (Å²) in [6.45, 7) is 1.57. The average Bonchev–Trinajstić information content (AvgIpc) is 2.74. The number of aryl methyl sites for hydroxylation is 1. The molecule has 0 unspecified atom stereocenters. The Bertz CT molecular complexity index is 828. The molecule has 2 heterocycles. The molecule has 1 amide bonds. The Balaban J connectivity index is 1.37. The largest absolute Gasteiger partial charge is 0.354 e. The van der Waals surface area contributed by atoms with E-state index in [9.17, 15) is 4.79 Å². The lowest BCUT2D eigenvalue weighted by atomic mass is 9.97. The van der Waals surface area contributed by atoms with Crippen molar-refractivity contribution in [3.63, 3.8) is 0 Å². The summed E-state index contributed by atoms with van der Waals surface area (Å²) in [5, 5.41) is 3.27. The number of para-hydroxylation sites is 1. The molecule has 1 aromatic carbocycles. The van der Waals surface area contributed by atoms with Gasteiger partial charge in [-0.1, -0.05) is 29.8 Å². The van der Waals surface area contributed by atoms with Crippen molar-refractivity contribution >= 4 is 17.5 Å². The van der Waals surface area contributed by atoms with E-state index in [1.54, 1.807) is 12.4 Å². The van der Waals surface area contributed by atoms with Gasteiger partial charge in [-0.25, -0.2) is 9.97 Å². The number of aromatic nitrogens is 2. The van der Waals surface area contributed by atoms with Crippen molar-refractivity contribution in [2.45, 2.75) is 44.9 Å². The number of carbonyl (C=O) groups excluding carboxylic acids is 1. The van der Waals surface area contributed by atoms with Crippen molar-refractivity contribution in [2.75, 3.05) is 23.3 Å². The second kappa shape index (κ2) is 8.33. The quantitative estimate of drug-likeness (QED) is 0.802. The molecule has 0 saturated carbocycles. The number of hydrogen-bond donors (Lipinski definition) is 1. The predicted octanol–water partition coefficient (Wildman–Crippen LogP) is 4.37. The number of nitrogens with zero attached hydrogens (tertiary/aromatic N) is 3. The monoisotopic (exact) mass is 362 g/mol. The molecule has 1 aliphatic carbocycles. The van der Waals surface area contributed by atoms with E-state index in [-0.39, 0.29) is 5.91 Å². The Morgan fingerprint density at radius 2 is 1.93 bits per heavy atom. The number of rotatable bonds is 5. The average molecular weight is 362 g/mol. The van der Waals surface area contributed by atoms with Gasteiger partial charge in [0.25, 0.3) is 5.91 Å². The van der Waals surface area contributed by atoms with Crippen LogP contribution in [0.15, 0.2) is 48.3 Å². The lowest BCUT2D eigenvalue weighted by Crippen LogP contribution is -2.35. The number of allylic oxidation sites excluding steroid dienone is 1. The molecule has 5 heteroatoms. The number of amides is 1. The van der Waals surface area contributed by atoms with Gasteiger partial charge in [0.1, 0.15) is 0 Å². The first kappa shape index (κ1) is 17.7. The highest BCUT2D eigenvalue weighted by molar-refractivity contribution is 6.06. The van der Waals surface area contributed by atoms with Crippen molar-refractivity contribution in [1.29, 1.82) is 0 Å². The second-order valence-corrected chi connectivity index (χ2v) is 7.27. The van der Waals surface area contributed by atoms with Crippen LogP contribution in [0.3, 0.4) is 0 Å². The molecule has 5 nitrogen and oxygen atoms in total. The van der Waals surface area contributed by atoms with Gasteiger partial charge < -0.3 is 10.2 Å². The Morgan fingerprint density at radius 1 is 1.07 bits per heavy atom. The second-order valence-electron chi connectivity index (χ2n) is 7.27. The zero-order chi connectivity index (χ0) is 18.5. The molecule has 0 radical (unpaired) electrons. The standard InChI is InChI=1S/C22H26N4O/c27-21(26-14-6-10-18-9-4-5-11-20(18)26)19-15-24-22(25-16-19)23-13-12-17-7-2-1-3-8-17/h4-5,7,9,11,15-16H,1-3,6,8,10,12-14H2,(H,23,24,25). The molecular weight excluding hydrogens is 336 g/mol. The van der Waals surface area contributed by atoms with Crippen molar-refractivity contribution in [1.82, 2.24) is 9.97 Å². The van der Waals surface area contributed by atoms with Gasteiger partial charge in [0, 0.05) is 31.2 Å². The molecule has 140 valence electrons. The lowest BCUT2D eigenvalue weighted by Gasteiger charge is -2.29. The van der Waals surface area contributed by atoms with Crippen LogP contribution in [-0.2, 0) is 6.42 Å². The third kappa shape index (κ3) is 4.18. The molecular formula is C22H26N4O. The first-order chi connectivity index (χ1) is 13.3. The normalized spacial score (nSPS) is 16.4. The van der Waals surface area contributed by atoms with Crippen LogP contribution in [0.2, 0.25) is 0 Å². The van der Waals surface area contributed by atoms with Crippen LogP contribution in [0.5, 0.6) is 0 Å². The Kier molecular flexibility index (Phi) is 5.47. The lowest BCUT2D eigenvalue weighted by molar-refractivity contribution is 0.0984. The highest BCUT2D eigenvalue weighted by Crippen LogP contribution is 2.28. The van der Waals surface area contributed by atoms with Crippen LogP contribution in [0.1, 0.15) is 54.4 Å². The van der Waals surface area contributed by atoms with Crippen LogP contribution in [0.25, 0.3) is 0 Å². The number of nitrogens with one attached hydrogen (secondary N) is 1. The molecule has 2 aliphatic rings. The van der Waals surface area contributed by atoms with E-state index in [0.717, 1.165) is 38.0 Å².